The van der Waals surface area contributed by atoms with E-state index >= 15 is 0 Å². The summed E-state index contributed by atoms with van der Waals surface area (Å²) >= 11 is 0. The van der Waals surface area contributed by atoms with Gasteiger partial charge in [0.1, 0.15) is 0 Å². The van der Waals surface area contributed by atoms with E-state index in [0.717, 1.165) is 45.2 Å². The molecule has 1 amide bonds. The zero-order valence-corrected chi connectivity index (χ0v) is 10.5. The first-order chi connectivity index (χ1) is 7.48. The highest BCUT2D eigenvalue weighted by Gasteiger charge is 2.35. The monoisotopic (exact) mass is 224 g/mol. The lowest BCUT2D eigenvalue weighted by Crippen LogP contribution is -2.38. The molecule has 2 fully saturated rings. The van der Waals surface area contributed by atoms with Gasteiger partial charge in [-0.3, -0.25) is 4.79 Å². The average molecular weight is 224 g/mol. The maximum absolute atomic E-state index is 12.3. The Hall–Kier alpha value is -0.570. The van der Waals surface area contributed by atoms with Gasteiger partial charge in [0, 0.05) is 25.0 Å². The normalized spacial score (nSPS) is 34.1. The van der Waals surface area contributed by atoms with Gasteiger partial charge in [-0.25, -0.2) is 0 Å². The van der Waals surface area contributed by atoms with Crippen molar-refractivity contribution in [2.24, 2.45) is 17.1 Å². The summed E-state index contributed by atoms with van der Waals surface area (Å²) < 4.78 is 0. The van der Waals surface area contributed by atoms with Gasteiger partial charge in [0.15, 0.2) is 0 Å². The average Bonchev–Trinajstić information content (AvgIpc) is 2.59. The standard InChI is InChI=1S/C13H24N2O/c1-13(2)7-8-15(9-13)12(16)10-3-5-11(14)6-4-10/h10-11H,3-9,14H2,1-2H3. The number of carbonyl (C=O) groups is 1. The van der Waals surface area contributed by atoms with Crippen LogP contribution < -0.4 is 5.73 Å². The summed E-state index contributed by atoms with van der Waals surface area (Å²) in [4.78, 5) is 14.4. The van der Waals surface area contributed by atoms with E-state index in [1.54, 1.807) is 0 Å². The summed E-state index contributed by atoms with van der Waals surface area (Å²) in [6, 6.07) is 0.332. The molecule has 0 unspecified atom stereocenters. The van der Waals surface area contributed by atoms with Gasteiger partial charge in [0.25, 0.3) is 0 Å². The first-order valence-corrected chi connectivity index (χ1v) is 6.52. The largest absolute Gasteiger partial charge is 0.342 e. The van der Waals surface area contributed by atoms with Crippen molar-refractivity contribution in [2.75, 3.05) is 13.1 Å². The van der Waals surface area contributed by atoms with Crippen molar-refractivity contribution in [3.05, 3.63) is 0 Å². The van der Waals surface area contributed by atoms with E-state index in [1.165, 1.54) is 0 Å². The Balaban J connectivity index is 1.89. The van der Waals surface area contributed by atoms with E-state index in [2.05, 4.69) is 18.7 Å². The van der Waals surface area contributed by atoms with Gasteiger partial charge in [-0.05, 0) is 37.5 Å². The molecule has 3 nitrogen and oxygen atoms in total. The van der Waals surface area contributed by atoms with E-state index in [-0.39, 0.29) is 5.92 Å². The second-order valence-electron chi connectivity index (χ2n) is 6.29. The Kier molecular flexibility index (Phi) is 3.24. The molecule has 1 saturated carbocycles. The topological polar surface area (TPSA) is 46.3 Å². The SMILES string of the molecule is CC1(C)CCN(C(=O)C2CCC(N)CC2)C1. The molecule has 1 aliphatic heterocycles. The summed E-state index contributed by atoms with van der Waals surface area (Å²) in [5.41, 5.74) is 6.19. The quantitative estimate of drug-likeness (QED) is 0.737. The predicted molar refractivity (Wildman–Crippen MR) is 64.9 cm³/mol. The predicted octanol–water partition coefficient (Wildman–Crippen LogP) is 1.76. The molecule has 0 bridgehead atoms. The minimum absolute atomic E-state index is 0.258. The highest BCUT2D eigenvalue weighted by atomic mass is 16.2. The number of likely N-dealkylation sites (tertiary alicyclic amines) is 1. The summed E-state index contributed by atoms with van der Waals surface area (Å²) in [7, 11) is 0. The van der Waals surface area contributed by atoms with Crippen LogP contribution in [0.1, 0.15) is 46.0 Å². The van der Waals surface area contributed by atoms with Crippen molar-refractivity contribution in [3.8, 4) is 0 Å². The van der Waals surface area contributed by atoms with Gasteiger partial charge in [0.05, 0.1) is 0 Å². The maximum atomic E-state index is 12.3. The Morgan fingerprint density at radius 1 is 1.25 bits per heavy atom. The molecule has 1 aliphatic carbocycles. The highest BCUT2D eigenvalue weighted by Crippen LogP contribution is 2.32. The van der Waals surface area contributed by atoms with Crippen LogP contribution in [-0.4, -0.2) is 29.9 Å². The molecule has 0 aromatic rings. The number of amides is 1. The minimum Gasteiger partial charge on any atom is -0.342 e. The van der Waals surface area contributed by atoms with Crippen LogP contribution in [0.4, 0.5) is 0 Å². The van der Waals surface area contributed by atoms with Gasteiger partial charge in [-0.2, -0.15) is 0 Å². The Morgan fingerprint density at radius 3 is 2.38 bits per heavy atom. The third-order valence-electron chi connectivity index (χ3n) is 4.11. The van der Waals surface area contributed by atoms with Crippen molar-refractivity contribution in [1.82, 2.24) is 4.90 Å². The Morgan fingerprint density at radius 2 is 1.88 bits per heavy atom. The lowest BCUT2D eigenvalue weighted by atomic mass is 9.85. The molecule has 2 N–H and O–H groups in total. The highest BCUT2D eigenvalue weighted by molar-refractivity contribution is 5.79. The van der Waals surface area contributed by atoms with E-state index in [0.29, 0.717) is 17.4 Å². The molecule has 1 saturated heterocycles. The molecule has 2 rings (SSSR count). The number of rotatable bonds is 1. The van der Waals surface area contributed by atoms with Crippen molar-refractivity contribution < 1.29 is 4.79 Å². The van der Waals surface area contributed by atoms with Crippen LogP contribution in [0.15, 0.2) is 0 Å². The maximum Gasteiger partial charge on any atom is 0.225 e. The Labute approximate surface area is 98.4 Å². The third-order valence-corrected chi connectivity index (χ3v) is 4.11. The van der Waals surface area contributed by atoms with Crippen LogP contribution >= 0.6 is 0 Å². The first kappa shape index (κ1) is 11.9. The van der Waals surface area contributed by atoms with Gasteiger partial charge >= 0.3 is 0 Å². The van der Waals surface area contributed by atoms with Crippen molar-refractivity contribution in [3.63, 3.8) is 0 Å². The van der Waals surface area contributed by atoms with Crippen LogP contribution in [-0.2, 0) is 4.79 Å². The van der Waals surface area contributed by atoms with E-state index < -0.39 is 0 Å². The molecule has 2 aliphatic rings. The fourth-order valence-electron chi connectivity index (χ4n) is 2.92. The first-order valence-electron chi connectivity index (χ1n) is 6.52. The molecule has 0 radical (unpaired) electrons. The van der Waals surface area contributed by atoms with Gasteiger partial charge < -0.3 is 10.6 Å². The number of hydrogen-bond donors (Lipinski definition) is 1. The molecule has 0 atom stereocenters. The number of hydrogen-bond acceptors (Lipinski definition) is 2. The second kappa shape index (κ2) is 4.36. The molecule has 0 aromatic heterocycles. The van der Waals surface area contributed by atoms with Gasteiger partial charge in [-0.15, -0.1) is 0 Å². The molecular formula is C13H24N2O. The molecule has 0 aromatic carbocycles. The molecule has 16 heavy (non-hydrogen) atoms. The van der Waals surface area contributed by atoms with E-state index in [1.807, 2.05) is 0 Å². The summed E-state index contributed by atoms with van der Waals surface area (Å²) in [6.45, 7) is 6.39. The van der Waals surface area contributed by atoms with Crippen LogP contribution in [0.2, 0.25) is 0 Å². The third kappa shape index (κ3) is 2.57. The van der Waals surface area contributed by atoms with Gasteiger partial charge in [-0.1, -0.05) is 13.8 Å². The van der Waals surface area contributed by atoms with Crippen LogP contribution in [0, 0.1) is 11.3 Å². The van der Waals surface area contributed by atoms with Gasteiger partial charge in [0.2, 0.25) is 5.91 Å². The fraction of sp³-hybridized carbons (Fsp3) is 0.923. The molecular weight excluding hydrogens is 200 g/mol. The summed E-state index contributed by atoms with van der Waals surface area (Å²) in [5.74, 6) is 0.645. The smallest absolute Gasteiger partial charge is 0.225 e. The minimum atomic E-state index is 0.258. The lowest BCUT2D eigenvalue weighted by Gasteiger charge is -2.29. The van der Waals surface area contributed by atoms with E-state index in [4.69, 9.17) is 5.73 Å². The van der Waals surface area contributed by atoms with Crippen LogP contribution in [0.25, 0.3) is 0 Å². The number of carbonyl (C=O) groups excluding carboxylic acids is 1. The molecule has 0 spiro atoms. The van der Waals surface area contributed by atoms with Crippen molar-refractivity contribution >= 4 is 5.91 Å². The molecule has 1 heterocycles. The summed E-state index contributed by atoms with van der Waals surface area (Å²) in [6.07, 6.45) is 5.18. The second-order valence-corrected chi connectivity index (χ2v) is 6.29. The zero-order chi connectivity index (χ0) is 11.8. The van der Waals surface area contributed by atoms with Crippen LogP contribution in [0.3, 0.4) is 0 Å². The van der Waals surface area contributed by atoms with E-state index in [9.17, 15) is 4.79 Å². The lowest BCUT2D eigenvalue weighted by molar-refractivity contribution is -0.135. The number of nitrogens with zero attached hydrogens (tertiary/aromatic N) is 1. The Bertz CT molecular complexity index is 267. The molecule has 92 valence electrons. The fourth-order valence-corrected chi connectivity index (χ4v) is 2.92. The van der Waals surface area contributed by atoms with Crippen molar-refractivity contribution in [1.29, 1.82) is 0 Å². The zero-order valence-electron chi connectivity index (χ0n) is 10.5. The van der Waals surface area contributed by atoms with Crippen LogP contribution in [0.5, 0.6) is 0 Å². The molecule has 3 heteroatoms. The van der Waals surface area contributed by atoms with Crippen molar-refractivity contribution in [2.45, 2.75) is 52.0 Å². The number of nitrogens with two attached hydrogens (primary N) is 1. The summed E-state index contributed by atoms with van der Waals surface area (Å²) in [5, 5.41) is 0.